The molecule has 1 fully saturated rings. The zero-order valence-electron chi connectivity index (χ0n) is 12.4. The first-order valence-corrected chi connectivity index (χ1v) is 8.11. The van der Waals surface area contributed by atoms with Gasteiger partial charge in [0.2, 0.25) is 0 Å². The minimum atomic E-state index is 0.0662. The van der Waals surface area contributed by atoms with Gasteiger partial charge < -0.3 is 5.73 Å². The number of nitrogens with zero attached hydrogens (tertiary/aromatic N) is 1. The molecular formula is C16H25BrN2. The molecule has 1 aliphatic rings. The lowest BCUT2D eigenvalue weighted by Gasteiger charge is -2.43. The summed E-state index contributed by atoms with van der Waals surface area (Å²) >= 11 is 3.92. The first kappa shape index (κ1) is 14.8. The summed E-state index contributed by atoms with van der Waals surface area (Å²) in [6.45, 7) is 9.13. The molecule has 0 spiro atoms. The highest BCUT2D eigenvalue weighted by atomic mass is 79.9. The number of halogens is 1. The smallest absolute Gasteiger partial charge is 0.127 e. The summed E-state index contributed by atoms with van der Waals surface area (Å²) in [6, 6.07) is 2.07. The minimum absolute atomic E-state index is 0.0662. The monoisotopic (exact) mass is 324 g/mol. The average Bonchev–Trinajstić information content (AvgIpc) is 2.27. The number of rotatable bonds is 2. The van der Waals surface area contributed by atoms with Crippen LogP contribution in [0.25, 0.3) is 0 Å². The Morgan fingerprint density at radius 2 is 2.05 bits per heavy atom. The summed E-state index contributed by atoms with van der Waals surface area (Å²) in [6.07, 6.45) is 5.64. The molecule has 1 aromatic heterocycles. The van der Waals surface area contributed by atoms with Gasteiger partial charge in [0, 0.05) is 16.6 Å². The summed E-state index contributed by atoms with van der Waals surface area (Å²) in [5.74, 6) is 2.14. The third-order valence-electron chi connectivity index (χ3n) is 4.79. The number of aryl methyl sites for hydroxylation is 1. The Hall–Kier alpha value is -0.570. The summed E-state index contributed by atoms with van der Waals surface area (Å²) in [5.41, 5.74) is 8.72. The molecule has 2 rings (SSSR count). The van der Waals surface area contributed by atoms with Gasteiger partial charge in [0.15, 0.2) is 0 Å². The fraction of sp³-hybridized carbons (Fsp3) is 0.688. The topological polar surface area (TPSA) is 38.9 Å². The van der Waals surface area contributed by atoms with Crippen LogP contribution in [0.15, 0.2) is 12.3 Å². The van der Waals surface area contributed by atoms with Gasteiger partial charge in [-0.2, -0.15) is 0 Å². The van der Waals surface area contributed by atoms with Crippen molar-refractivity contribution in [2.45, 2.75) is 57.2 Å². The zero-order chi connectivity index (χ0) is 14.2. The van der Waals surface area contributed by atoms with E-state index in [1.807, 2.05) is 0 Å². The number of nitrogens with two attached hydrogens (primary N) is 1. The van der Waals surface area contributed by atoms with E-state index in [0.29, 0.717) is 16.6 Å². The molecule has 3 heteroatoms. The number of pyridine rings is 1. The maximum atomic E-state index is 6.16. The van der Waals surface area contributed by atoms with E-state index in [2.05, 4.69) is 54.7 Å². The van der Waals surface area contributed by atoms with Crippen LogP contribution in [0.2, 0.25) is 0 Å². The van der Waals surface area contributed by atoms with E-state index >= 15 is 0 Å². The van der Waals surface area contributed by atoms with E-state index in [9.17, 15) is 0 Å². The number of hydrogen-bond acceptors (Lipinski definition) is 2. The second-order valence-corrected chi connectivity index (χ2v) is 7.83. The Bertz CT molecular complexity index is 436. The van der Waals surface area contributed by atoms with Crippen LogP contribution in [0.5, 0.6) is 0 Å². The SMILES string of the molecule is Cc1ccnc(N)c1C(C)(C)C1CCC(C)CC1Br. The van der Waals surface area contributed by atoms with Gasteiger partial charge in [-0.1, -0.05) is 43.1 Å². The summed E-state index contributed by atoms with van der Waals surface area (Å²) < 4.78 is 0. The lowest BCUT2D eigenvalue weighted by molar-refractivity contribution is 0.214. The average molecular weight is 325 g/mol. The highest BCUT2D eigenvalue weighted by molar-refractivity contribution is 9.09. The molecule has 1 heterocycles. The molecule has 0 aromatic carbocycles. The van der Waals surface area contributed by atoms with Crippen molar-refractivity contribution in [3.63, 3.8) is 0 Å². The molecule has 0 saturated heterocycles. The van der Waals surface area contributed by atoms with Crippen LogP contribution in [0.3, 0.4) is 0 Å². The van der Waals surface area contributed by atoms with E-state index in [-0.39, 0.29) is 5.41 Å². The number of nitrogen functional groups attached to an aromatic ring is 1. The van der Waals surface area contributed by atoms with Gasteiger partial charge in [0.1, 0.15) is 5.82 Å². The van der Waals surface area contributed by atoms with Crippen molar-refractivity contribution < 1.29 is 0 Å². The molecule has 0 bridgehead atoms. The van der Waals surface area contributed by atoms with Gasteiger partial charge >= 0.3 is 0 Å². The fourth-order valence-corrected chi connectivity index (χ4v) is 5.29. The molecule has 106 valence electrons. The predicted molar refractivity (Wildman–Crippen MR) is 85.6 cm³/mol. The largest absolute Gasteiger partial charge is 0.383 e. The van der Waals surface area contributed by atoms with Crippen LogP contribution in [-0.2, 0) is 5.41 Å². The van der Waals surface area contributed by atoms with E-state index < -0.39 is 0 Å². The van der Waals surface area contributed by atoms with Crippen LogP contribution < -0.4 is 5.73 Å². The second-order valence-electron chi connectivity index (χ2n) is 6.65. The Morgan fingerprint density at radius 3 is 2.63 bits per heavy atom. The highest BCUT2D eigenvalue weighted by Gasteiger charge is 2.40. The van der Waals surface area contributed by atoms with Crippen LogP contribution in [0.1, 0.15) is 51.2 Å². The highest BCUT2D eigenvalue weighted by Crippen LogP contribution is 2.46. The molecule has 19 heavy (non-hydrogen) atoms. The Labute approximate surface area is 125 Å². The number of alkyl halides is 1. The van der Waals surface area contributed by atoms with Gasteiger partial charge in [-0.25, -0.2) is 4.98 Å². The third-order valence-corrected chi connectivity index (χ3v) is 5.81. The molecule has 1 aromatic rings. The molecule has 3 atom stereocenters. The lowest BCUT2D eigenvalue weighted by atomic mass is 9.65. The van der Waals surface area contributed by atoms with Crippen molar-refractivity contribution in [1.82, 2.24) is 4.98 Å². The molecule has 2 nitrogen and oxygen atoms in total. The number of hydrogen-bond donors (Lipinski definition) is 1. The predicted octanol–water partition coefficient (Wildman–Crippen LogP) is 4.45. The first-order valence-electron chi connectivity index (χ1n) is 7.19. The van der Waals surface area contributed by atoms with Crippen LogP contribution in [0.4, 0.5) is 5.82 Å². The molecule has 2 N–H and O–H groups in total. The summed E-state index contributed by atoms with van der Waals surface area (Å²) in [5, 5.41) is 0. The molecule has 0 radical (unpaired) electrons. The van der Waals surface area contributed by atoms with Crippen LogP contribution >= 0.6 is 15.9 Å². The molecule has 1 aliphatic carbocycles. The Kier molecular flexibility index (Phi) is 4.24. The second kappa shape index (κ2) is 5.43. The van der Waals surface area contributed by atoms with Gasteiger partial charge in [-0.15, -0.1) is 0 Å². The normalized spacial score (nSPS) is 28.4. The van der Waals surface area contributed by atoms with Gasteiger partial charge in [-0.05, 0) is 48.6 Å². The zero-order valence-corrected chi connectivity index (χ0v) is 14.0. The number of anilines is 1. The van der Waals surface area contributed by atoms with Gasteiger partial charge in [0.05, 0.1) is 0 Å². The summed E-state index contributed by atoms with van der Waals surface area (Å²) in [7, 11) is 0. The van der Waals surface area contributed by atoms with Crippen molar-refractivity contribution in [3.8, 4) is 0 Å². The van der Waals surface area contributed by atoms with E-state index in [1.165, 1.54) is 30.4 Å². The van der Waals surface area contributed by atoms with Crippen molar-refractivity contribution in [3.05, 3.63) is 23.4 Å². The third kappa shape index (κ3) is 2.81. The molecule has 0 amide bonds. The quantitative estimate of drug-likeness (QED) is 0.816. The van der Waals surface area contributed by atoms with Gasteiger partial charge in [0.25, 0.3) is 0 Å². The first-order chi connectivity index (χ1) is 8.84. The Morgan fingerprint density at radius 1 is 1.37 bits per heavy atom. The van der Waals surface area contributed by atoms with Crippen molar-refractivity contribution in [2.75, 3.05) is 5.73 Å². The van der Waals surface area contributed by atoms with Crippen molar-refractivity contribution >= 4 is 21.7 Å². The lowest BCUT2D eigenvalue weighted by Crippen LogP contribution is -2.39. The van der Waals surface area contributed by atoms with Gasteiger partial charge in [-0.3, -0.25) is 0 Å². The number of aromatic nitrogens is 1. The van der Waals surface area contributed by atoms with Crippen LogP contribution in [-0.4, -0.2) is 9.81 Å². The van der Waals surface area contributed by atoms with Crippen molar-refractivity contribution in [1.29, 1.82) is 0 Å². The molecule has 3 unspecified atom stereocenters. The fourth-order valence-electron chi connectivity index (χ4n) is 3.73. The molecule has 1 saturated carbocycles. The van der Waals surface area contributed by atoms with E-state index in [0.717, 1.165) is 5.92 Å². The van der Waals surface area contributed by atoms with Crippen molar-refractivity contribution in [2.24, 2.45) is 11.8 Å². The summed E-state index contributed by atoms with van der Waals surface area (Å²) in [4.78, 5) is 4.88. The maximum Gasteiger partial charge on any atom is 0.127 e. The molecular weight excluding hydrogens is 300 g/mol. The maximum absolute atomic E-state index is 6.16. The standard InChI is InChI=1S/C16H25BrN2/c1-10-5-6-12(13(17)9-10)16(3,4)14-11(2)7-8-19-15(14)18/h7-8,10,12-13H,5-6,9H2,1-4H3,(H2,18,19). The van der Waals surface area contributed by atoms with Crippen LogP contribution in [0, 0.1) is 18.8 Å². The van der Waals surface area contributed by atoms with E-state index in [1.54, 1.807) is 6.20 Å². The molecule has 0 aliphatic heterocycles. The Balaban J connectivity index is 2.36. The minimum Gasteiger partial charge on any atom is -0.383 e. The van der Waals surface area contributed by atoms with E-state index in [4.69, 9.17) is 5.73 Å².